The van der Waals surface area contributed by atoms with Crippen LogP contribution in [-0.4, -0.2) is 24.0 Å². The summed E-state index contributed by atoms with van der Waals surface area (Å²) < 4.78 is 0. The fourth-order valence-corrected chi connectivity index (χ4v) is 4.74. The van der Waals surface area contributed by atoms with Crippen molar-refractivity contribution in [2.45, 2.75) is 53.4 Å². The van der Waals surface area contributed by atoms with Crippen LogP contribution in [0.3, 0.4) is 0 Å². The van der Waals surface area contributed by atoms with Gasteiger partial charge in [0.25, 0.3) is 0 Å². The van der Waals surface area contributed by atoms with Crippen LogP contribution in [0.15, 0.2) is 29.6 Å². The molecule has 1 aliphatic heterocycles. The Hall–Kier alpha value is -1.88. The zero-order chi connectivity index (χ0) is 19.4. The molecule has 1 amide bonds. The van der Waals surface area contributed by atoms with Crippen LogP contribution in [0, 0.1) is 11.3 Å². The van der Waals surface area contributed by atoms with Gasteiger partial charge in [0, 0.05) is 36.1 Å². The van der Waals surface area contributed by atoms with Gasteiger partial charge in [-0.1, -0.05) is 39.8 Å². The van der Waals surface area contributed by atoms with Gasteiger partial charge in [0.05, 0.1) is 5.69 Å². The molecule has 1 saturated heterocycles. The first kappa shape index (κ1) is 19.9. The molecule has 5 heteroatoms. The predicted octanol–water partition coefficient (Wildman–Crippen LogP) is 5.81. The molecule has 1 fully saturated rings. The highest BCUT2D eigenvalue weighted by molar-refractivity contribution is 7.14. The minimum Gasteiger partial charge on any atom is -0.348 e. The third-order valence-electron chi connectivity index (χ3n) is 4.81. The smallest absolute Gasteiger partial charge is 0.224 e. The number of amides is 1. The standard InChI is InChI=1S/C22H31N3OS/c1-16(14-22(2,3)4)12-20(26)23-18-9-7-8-17(13-18)19-15-27-21(24-19)25-10-5-6-11-25/h7-9,13,15-16H,5-6,10-12,14H2,1-4H3,(H,23,26)/t16-/m1/s1. The summed E-state index contributed by atoms with van der Waals surface area (Å²) in [4.78, 5) is 19.6. The van der Waals surface area contributed by atoms with E-state index in [1.165, 1.54) is 12.8 Å². The van der Waals surface area contributed by atoms with Gasteiger partial charge < -0.3 is 10.2 Å². The lowest BCUT2D eigenvalue weighted by molar-refractivity contribution is -0.117. The number of benzene rings is 1. The Morgan fingerprint density at radius 3 is 2.74 bits per heavy atom. The number of carbonyl (C=O) groups excluding carboxylic acids is 1. The van der Waals surface area contributed by atoms with Crippen LogP contribution in [0.4, 0.5) is 10.8 Å². The van der Waals surface area contributed by atoms with Crippen molar-refractivity contribution in [1.82, 2.24) is 4.98 Å². The summed E-state index contributed by atoms with van der Waals surface area (Å²) in [6, 6.07) is 8.01. The van der Waals surface area contributed by atoms with Gasteiger partial charge >= 0.3 is 0 Å². The molecule has 1 N–H and O–H groups in total. The maximum atomic E-state index is 12.4. The van der Waals surface area contributed by atoms with Crippen LogP contribution >= 0.6 is 11.3 Å². The van der Waals surface area contributed by atoms with Crippen molar-refractivity contribution < 1.29 is 4.79 Å². The average molecular weight is 386 g/mol. The number of aromatic nitrogens is 1. The zero-order valence-corrected chi connectivity index (χ0v) is 17.7. The molecule has 2 heterocycles. The topological polar surface area (TPSA) is 45.2 Å². The molecule has 0 saturated carbocycles. The van der Waals surface area contributed by atoms with Gasteiger partial charge in [-0.25, -0.2) is 4.98 Å². The third-order valence-corrected chi connectivity index (χ3v) is 5.71. The van der Waals surface area contributed by atoms with Crippen LogP contribution < -0.4 is 10.2 Å². The molecular formula is C22H31N3OS. The third kappa shape index (κ3) is 5.80. The van der Waals surface area contributed by atoms with E-state index < -0.39 is 0 Å². The summed E-state index contributed by atoms with van der Waals surface area (Å²) in [7, 11) is 0. The van der Waals surface area contributed by atoms with Crippen LogP contribution in [0.2, 0.25) is 0 Å². The summed E-state index contributed by atoms with van der Waals surface area (Å²) in [6.07, 6.45) is 4.10. The second-order valence-electron chi connectivity index (χ2n) is 8.91. The van der Waals surface area contributed by atoms with E-state index in [2.05, 4.69) is 49.4 Å². The van der Waals surface area contributed by atoms with Gasteiger partial charge in [-0.2, -0.15) is 0 Å². The van der Waals surface area contributed by atoms with Gasteiger partial charge in [-0.15, -0.1) is 11.3 Å². The molecule has 146 valence electrons. The van der Waals surface area contributed by atoms with Crippen molar-refractivity contribution in [2.24, 2.45) is 11.3 Å². The molecule has 27 heavy (non-hydrogen) atoms. The van der Waals surface area contributed by atoms with Gasteiger partial charge in [-0.05, 0) is 42.7 Å². The second-order valence-corrected chi connectivity index (χ2v) is 9.75. The van der Waals surface area contributed by atoms with E-state index in [9.17, 15) is 4.79 Å². The van der Waals surface area contributed by atoms with E-state index in [1.807, 2.05) is 18.2 Å². The molecule has 0 radical (unpaired) electrons. The zero-order valence-electron chi connectivity index (χ0n) is 16.9. The van der Waals surface area contributed by atoms with Gasteiger partial charge in [0.2, 0.25) is 5.91 Å². The fraction of sp³-hybridized carbons (Fsp3) is 0.545. The lowest BCUT2D eigenvalue weighted by Gasteiger charge is -2.22. The van der Waals surface area contributed by atoms with Crippen LogP contribution in [0.25, 0.3) is 11.3 Å². The maximum absolute atomic E-state index is 12.4. The predicted molar refractivity (Wildman–Crippen MR) is 115 cm³/mol. The Morgan fingerprint density at radius 2 is 2.04 bits per heavy atom. The minimum absolute atomic E-state index is 0.0833. The summed E-state index contributed by atoms with van der Waals surface area (Å²) >= 11 is 1.70. The number of rotatable bonds is 6. The molecule has 2 aromatic rings. The van der Waals surface area contributed by atoms with Gasteiger partial charge in [0.15, 0.2) is 5.13 Å². The molecule has 1 aliphatic rings. The van der Waals surface area contributed by atoms with Crippen LogP contribution in [0.1, 0.15) is 53.4 Å². The Balaban J connectivity index is 1.62. The Morgan fingerprint density at radius 1 is 1.30 bits per heavy atom. The Bertz CT molecular complexity index is 772. The lowest BCUT2D eigenvalue weighted by atomic mass is 9.84. The minimum atomic E-state index is 0.0833. The van der Waals surface area contributed by atoms with Crippen molar-refractivity contribution in [2.75, 3.05) is 23.3 Å². The molecule has 4 nitrogen and oxygen atoms in total. The number of anilines is 2. The highest BCUT2D eigenvalue weighted by Gasteiger charge is 2.18. The van der Waals surface area contributed by atoms with E-state index in [0.717, 1.165) is 41.6 Å². The highest BCUT2D eigenvalue weighted by atomic mass is 32.1. The summed E-state index contributed by atoms with van der Waals surface area (Å²) in [5.41, 5.74) is 3.13. The largest absolute Gasteiger partial charge is 0.348 e. The molecule has 0 spiro atoms. The molecule has 0 unspecified atom stereocenters. The summed E-state index contributed by atoms with van der Waals surface area (Å²) in [5.74, 6) is 0.453. The van der Waals surface area contributed by atoms with Crippen molar-refractivity contribution >= 4 is 28.1 Å². The average Bonchev–Trinajstić information content (AvgIpc) is 3.24. The number of nitrogens with zero attached hydrogens (tertiary/aromatic N) is 2. The van der Waals surface area contributed by atoms with Crippen molar-refractivity contribution in [3.8, 4) is 11.3 Å². The first-order valence-electron chi connectivity index (χ1n) is 9.91. The number of hydrogen-bond donors (Lipinski definition) is 1. The highest BCUT2D eigenvalue weighted by Crippen LogP contribution is 2.31. The number of thiazole rings is 1. The molecular weight excluding hydrogens is 354 g/mol. The molecule has 0 aliphatic carbocycles. The van der Waals surface area contributed by atoms with Gasteiger partial charge in [0.1, 0.15) is 0 Å². The van der Waals surface area contributed by atoms with E-state index in [-0.39, 0.29) is 11.3 Å². The summed E-state index contributed by atoms with van der Waals surface area (Å²) in [6.45, 7) is 11.0. The monoisotopic (exact) mass is 385 g/mol. The second kappa shape index (κ2) is 8.42. The maximum Gasteiger partial charge on any atom is 0.224 e. The van der Waals surface area contributed by atoms with Crippen LogP contribution in [0.5, 0.6) is 0 Å². The van der Waals surface area contributed by atoms with Crippen molar-refractivity contribution in [3.63, 3.8) is 0 Å². The van der Waals surface area contributed by atoms with E-state index >= 15 is 0 Å². The van der Waals surface area contributed by atoms with Gasteiger partial charge in [-0.3, -0.25) is 4.79 Å². The molecule has 1 aromatic heterocycles. The van der Waals surface area contributed by atoms with Crippen molar-refractivity contribution in [1.29, 1.82) is 0 Å². The normalized spacial score (nSPS) is 15.8. The fourth-order valence-electron chi connectivity index (χ4n) is 3.85. The molecule has 1 atom stereocenters. The number of carbonyl (C=O) groups is 1. The number of hydrogen-bond acceptors (Lipinski definition) is 4. The number of nitrogens with one attached hydrogen (secondary N) is 1. The first-order valence-corrected chi connectivity index (χ1v) is 10.8. The Labute approximate surface area is 167 Å². The quantitative estimate of drug-likeness (QED) is 0.682. The van der Waals surface area contributed by atoms with Crippen molar-refractivity contribution in [3.05, 3.63) is 29.6 Å². The molecule has 3 rings (SSSR count). The SMILES string of the molecule is C[C@H](CC(=O)Nc1cccc(-c2csc(N3CCCC3)n2)c1)CC(C)(C)C. The van der Waals surface area contributed by atoms with E-state index in [0.29, 0.717) is 12.3 Å². The van der Waals surface area contributed by atoms with E-state index in [4.69, 9.17) is 4.98 Å². The summed E-state index contributed by atoms with van der Waals surface area (Å²) in [5, 5.41) is 6.27. The lowest BCUT2D eigenvalue weighted by Crippen LogP contribution is -2.18. The molecule has 0 bridgehead atoms. The first-order chi connectivity index (χ1) is 12.8. The Kier molecular flexibility index (Phi) is 6.20. The van der Waals surface area contributed by atoms with Crippen LogP contribution in [-0.2, 0) is 4.79 Å². The molecule has 1 aromatic carbocycles. The van der Waals surface area contributed by atoms with E-state index in [1.54, 1.807) is 11.3 Å².